The molecule has 2 aromatic heterocycles. The Kier molecular flexibility index (Phi) is 4.77. The Morgan fingerprint density at radius 1 is 1.17 bits per heavy atom. The maximum Gasteiger partial charge on any atom is 0.224 e. The summed E-state index contributed by atoms with van der Waals surface area (Å²) in [5.74, 6) is 1.57. The molecule has 1 unspecified atom stereocenters. The van der Waals surface area contributed by atoms with Gasteiger partial charge in [-0.15, -0.1) is 0 Å². The van der Waals surface area contributed by atoms with Crippen molar-refractivity contribution < 1.29 is 4.79 Å². The number of carbonyl (C=O) groups excluding carboxylic acids is 1. The fourth-order valence-corrected chi connectivity index (χ4v) is 4.69. The standard InChI is InChI=1S/C24H27N5O/c1-17-9-10-21-19(14-17)15-25-29(21)13-11-23(30)28-12-5-6-18(16-28)24-26-20-7-3-4-8-22(20)27(24)2/h3-4,7-10,14-15,18H,5-6,11-13,16H2,1-2H3. The SMILES string of the molecule is Cc1ccc2c(cnn2CCC(=O)N2CCCC(c3nc4ccccc4n3C)C2)c1. The summed E-state index contributed by atoms with van der Waals surface area (Å²) in [5, 5.41) is 5.61. The van der Waals surface area contributed by atoms with E-state index in [9.17, 15) is 4.79 Å². The van der Waals surface area contributed by atoms with Crippen LogP contribution >= 0.6 is 0 Å². The predicted octanol–water partition coefficient (Wildman–Crippen LogP) is 4.03. The number of aryl methyl sites for hydroxylation is 3. The molecule has 0 saturated carbocycles. The highest BCUT2D eigenvalue weighted by atomic mass is 16.2. The van der Waals surface area contributed by atoms with Gasteiger partial charge in [0.1, 0.15) is 5.82 Å². The minimum atomic E-state index is 0.203. The van der Waals surface area contributed by atoms with Crippen LogP contribution in [0.5, 0.6) is 0 Å². The van der Waals surface area contributed by atoms with Crippen molar-refractivity contribution >= 4 is 27.8 Å². The molecule has 0 N–H and O–H groups in total. The molecule has 2 aromatic carbocycles. The van der Waals surface area contributed by atoms with Gasteiger partial charge in [0.15, 0.2) is 0 Å². The average Bonchev–Trinajstić information content (AvgIpc) is 3.32. The molecule has 154 valence electrons. The highest BCUT2D eigenvalue weighted by Gasteiger charge is 2.27. The van der Waals surface area contributed by atoms with Crippen molar-refractivity contribution in [3.8, 4) is 0 Å². The van der Waals surface area contributed by atoms with Crippen molar-refractivity contribution in [1.29, 1.82) is 0 Å². The molecule has 1 aliphatic heterocycles. The van der Waals surface area contributed by atoms with Crippen LogP contribution in [0.1, 0.15) is 36.6 Å². The molecule has 0 bridgehead atoms. The Morgan fingerprint density at radius 3 is 2.90 bits per heavy atom. The minimum Gasteiger partial charge on any atom is -0.342 e. The molecule has 1 fully saturated rings. The van der Waals surface area contributed by atoms with E-state index in [0.717, 1.165) is 53.7 Å². The van der Waals surface area contributed by atoms with Gasteiger partial charge in [-0.05, 0) is 44.0 Å². The second kappa shape index (κ2) is 7.59. The number of carbonyl (C=O) groups is 1. The number of aromatic nitrogens is 4. The van der Waals surface area contributed by atoms with Crippen LogP contribution in [0.15, 0.2) is 48.7 Å². The fraction of sp³-hybridized carbons (Fsp3) is 0.375. The van der Waals surface area contributed by atoms with Gasteiger partial charge >= 0.3 is 0 Å². The molecule has 1 atom stereocenters. The number of likely N-dealkylation sites (tertiary alicyclic amines) is 1. The maximum atomic E-state index is 13.0. The number of rotatable bonds is 4. The summed E-state index contributed by atoms with van der Waals surface area (Å²) in [7, 11) is 2.08. The molecule has 6 heteroatoms. The first-order valence-corrected chi connectivity index (χ1v) is 10.7. The molecule has 5 rings (SSSR count). The smallest absolute Gasteiger partial charge is 0.224 e. The minimum absolute atomic E-state index is 0.203. The molecule has 1 aliphatic rings. The van der Waals surface area contributed by atoms with E-state index in [1.807, 2.05) is 27.9 Å². The van der Waals surface area contributed by atoms with Crippen molar-refractivity contribution in [1.82, 2.24) is 24.2 Å². The summed E-state index contributed by atoms with van der Waals surface area (Å²) in [4.78, 5) is 19.9. The second-order valence-electron chi connectivity index (χ2n) is 8.38. The van der Waals surface area contributed by atoms with Crippen molar-refractivity contribution in [3.63, 3.8) is 0 Å². The van der Waals surface area contributed by atoms with Gasteiger partial charge in [-0.2, -0.15) is 5.10 Å². The summed E-state index contributed by atoms with van der Waals surface area (Å²) >= 11 is 0. The maximum absolute atomic E-state index is 13.0. The van der Waals surface area contributed by atoms with Gasteiger partial charge in [-0.1, -0.05) is 23.8 Å². The Bertz CT molecular complexity index is 1220. The zero-order valence-electron chi connectivity index (χ0n) is 17.6. The van der Waals surface area contributed by atoms with Gasteiger partial charge < -0.3 is 9.47 Å². The molecule has 1 amide bonds. The highest BCUT2D eigenvalue weighted by molar-refractivity contribution is 5.80. The van der Waals surface area contributed by atoms with E-state index >= 15 is 0 Å². The molecule has 1 saturated heterocycles. The van der Waals surface area contributed by atoms with Crippen LogP contribution in [0.3, 0.4) is 0 Å². The largest absolute Gasteiger partial charge is 0.342 e. The van der Waals surface area contributed by atoms with E-state index < -0.39 is 0 Å². The molecule has 0 radical (unpaired) electrons. The van der Waals surface area contributed by atoms with Gasteiger partial charge in [-0.3, -0.25) is 9.48 Å². The number of imidazole rings is 1. The van der Waals surface area contributed by atoms with E-state index in [1.165, 1.54) is 5.56 Å². The van der Waals surface area contributed by atoms with Crippen LogP contribution in [0.25, 0.3) is 21.9 Å². The lowest BCUT2D eigenvalue weighted by Crippen LogP contribution is -2.40. The van der Waals surface area contributed by atoms with Crippen LogP contribution in [-0.2, 0) is 18.4 Å². The summed E-state index contributed by atoms with van der Waals surface area (Å²) in [5.41, 5.74) is 4.49. The molecule has 0 aliphatic carbocycles. The first-order chi connectivity index (χ1) is 14.6. The third-order valence-electron chi connectivity index (χ3n) is 6.30. The zero-order chi connectivity index (χ0) is 20.7. The predicted molar refractivity (Wildman–Crippen MR) is 118 cm³/mol. The quantitative estimate of drug-likeness (QED) is 0.519. The van der Waals surface area contributed by atoms with E-state index in [4.69, 9.17) is 4.98 Å². The van der Waals surface area contributed by atoms with Gasteiger partial charge in [0.05, 0.1) is 29.3 Å². The van der Waals surface area contributed by atoms with Gasteiger partial charge in [0.25, 0.3) is 0 Å². The lowest BCUT2D eigenvalue weighted by atomic mass is 9.97. The Balaban J connectivity index is 1.28. The summed E-state index contributed by atoms with van der Waals surface area (Å²) < 4.78 is 4.13. The molecule has 0 spiro atoms. The summed E-state index contributed by atoms with van der Waals surface area (Å²) in [6.07, 6.45) is 4.45. The zero-order valence-corrected chi connectivity index (χ0v) is 17.6. The number of hydrogen-bond acceptors (Lipinski definition) is 3. The van der Waals surface area contributed by atoms with Crippen LogP contribution in [0, 0.1) is 6.92 Å². The normalized spacial score (nSPS) is 17.1. The van der Waals surface area contributed by atoms with Crippen LogP contribution in [0.4, 0.5) is 0 Å². The molecule has 30 heavy (non-hydrogen) atoms. The van der Waals surface area contributed by atoms with Crippen LogP contribution in [0.2, 0.25) is 0 Å². The third-order valence-corrected chi connectivity index (χ3v) is 6.30. The number of nitrogens with zero attached hydrogens (tertiary/aromatic N) is 5. The number of para-hydroxylation sites is 2. The first-order valence-electron chi connectivity index (χ1n) is 10.7. The van der Waals surface area contributed by atoms with E-state index in [1.54, 1.807) is 0 Å². The lowest BCUT2D eigenvalue weighted by Gasteiger charge is -2.32. The Hall–Kier alpha value is -3.15. The van der Waals surface area contributed by atoms with Crippen LogP contribution < -0.4 is 0 Å². The van der Waals surface area contributed by atoms with Crippen LogP contribution in [-0.4, -0.2) is 43.2 Å². The number of fused-ring (bicyclic) bond motifs is 2. The van der Waals surface area contributed by atoms with Gasteiger partial charge in [-0.25, -0.2) is 4.98 Å². The lowest BCUT2D eigenvalue weighted by molar-refractivity contribution is -0.132. The molecule has 4 aromatic rings. The molecular formula is C24H27N5O. The molecule has 3 heterocycles. The van der Waals surface area contributed by atoms with Crippen molar-refractivity contribution in [2.24, 2.45) is 7.05 Å². The molecular weight excluding hydrogens is 374 g/mol. The topological polar surface area (TPSA) is 56.0 Å². The Labute approximate surface area is 176 Å². The van der Waals surface area contributed by atoms with Gasteiger partial charge in [0, 0.05) is 37.9 Å². The Morgan fingerprint density at radius 2 is 2.03 bits per heavy atom. The van der Waals surface area contributed by atoms with E-state index in [-0.39, 0.29) is 11.8 Å². The highest BCUT2D eigenvalue weighted by Crippen LogP contribution is 2.29. The number of hydrogen-bond donors (Lipinski definition) is 0. The van der Waals surface area contributed by atoms with E-state index in [2.05, 4.69) is 54.0 Å². The number of amides is 1. The third kappa shape index (κ3) is 3.36. The van der Waals surface area contributed by atoms with E-state index in [0.29, 0.717) is 13.0 Å². The monoisotopic (exact) mass is 401 g/mol. The average molecular weight is 402 g/mol. The second-order valence-corrected chi connectivity index (χ2v) is 8.38. The van der Waals surface area contributed by atoms with Crippen molar-refractivity contribution in [2.45, 2.75) is 38.6 Å². The summed E-state index contributed by atoms with van der Waals surface area (Å²) in [6.45, 7) is 4.27. The fourth-order valence-electron chi connectivity index (χ4n) is 4.69. The van der Waals surface area contributed by atoms with Crippen molar-refractivity contribution in [3.05, 3.63) is 60.0 Å². The molecule has 6 nitrogen and oxygen atoms in total. The van der Waals surface area contributed by atoms with Gasteiger partial charge in [0.2, 0.25) is 5.91 Å². The van der Waals surface area contributed by atoms with Crippen molar-refractivity contribution in [2.75, 3.05) is 13.1 Å². The number of piperidine rings is 1. The summed E-state index contributed by atoms with van der Waals surface area (Å²) in [6, 6.07) is 14.5. The first kappa shape index (κ1) is 18.9. The number of benzene rings is 2.